The molecular formula is C34H32N2O6S. The van der Waals surface area contributed by atoms with E-state index in [2.05, 4.69) is 5.32 Å². The SMILES string of the molecule is CCOc1cc(/C=C2\SC(=O)N(CCOc3cccc4ccccc34)C2=O)ccc1OCC(=O)Nc1cc(C)ccc1C. The third-order valence-electron chi connectivity index (χ3n) is 6.79. The number of anilines is 1. The van der Waals surface area contributed by atoms with Crippen molar-refractivity contribution in [3.05, 3.63) is 100 Å². The number of carbonyl (C=O) groups excluding carboxylic acids is 3. The number of hydrogen-bond donors (Lipinski definition) is 1. The van der Waals surface area contributed by atoms with E-state index in [1.807, 2.05) is 81.4 Å². The highest BCUT2D eigenvalue weighted by atomic mass is 32.2. The summed E-state index contributed by atoms with van der Waals surface area (Å²) in [5.41, 5.74) is 3.40. The van der Waals surface area contributed by atoms with Crippen LogP contribution in [0.3, 0.4) is 0 Å². The van der Waals surface area contributed by atoms with Gasteiger partial charge in [0.2, 0.25) is 0 Å². The summed E-state index contributed by atoms with van der Waals surface area (Å²) in [5.74, 6) is 0.859. The summed E-state index contributed by atoms with van der Waals surface area (Å²) in [6.45, 7) is 6.22. The van der Waals surface area contributed by atoms with Gasteiger partial charge in [-0.15, -0.1) is 0 Å². The molecular weight excluding hydrogens is 564 g/mol. The predicted molar refractivity (Wildman–Crippen MR) is 170 cm³/mol. The maximum Gasteiger partial charge on any atom is 0.293 e. The average molecular weight is 597 g/mol. The number of amides is 3. The maximum absolute atomic E-state index is 13.1. The number of carbonyl (C=O) groups is 3. The molecule has 5 rings (SSSR count). The molecule has 0 saturated carbocycles. The van der Waals surface area contributed by atoms with Crippen molar-refractivity contribution in [3.63, 3.8) is 0 Å². The van der Waals surface area contributed by atoms with Crippen LogP contribution >= 0.6 is 11.8 Å². The Kier molecular flexibility index (Phi) is 9.32. The zero-order valence-corrected chi connectivity index (χ0v) is 25.0. The quantitative estimate of drug-likeness (QED) is 0.187. The van der Waals surface area contributed by atoms with Gasteiger partial charge in [-0.3, -0.25) is 19.3 Å². The highest BCUT2D eigenvalue weighted by molar-refractivity contribution is 8.18. The highest BCUT2D eigenvalue weighted by Crippen LogP contribution is 2.35. The zero-order valence-electron chi connectivity index (χ0n) is 24.2. The summed E-state index contributed by atoms with van der Waals surface area (Å²) in [6, 6.07) is 24.7. The molecule has 0 radical (unpaired) electrons. The Morgan fingerprint density at radius 3 is 2.53 bits per heavy atom. The van der Waals surface area contributed by atoms with Gasteiger partial charge in [-0.25, -0.2) is 0 Å². The Bertz CT molecular complexity index is 1710. The van der Waals surface area contributed by atoms with Gasteiger partial charge in [-0.05, 0) is 85.0 Å². The van der Waals surface area contributed by atoms with Gasteiger partial charge in [0.25, 0.3) is 17.1 Å². The molecule has 3 amide bonds. The fraction of sp³-hybridized carbons (Fsp3) is 0.206. The van der Waals surface area contributed by atoms with Crippen molar-refractivity contribution in [1.82, 2.24) is 4.90 Å². The number of rotatable bonds is 11. The lowest BCUT2D eigenvalue weighted by molar-refractivity contribution is -0.123. The molecule has 4 aromatic carbocycles. The highest BCUT2D eigenvalue weighted by Gasteiger charge is 2.35. The average Bonchev–Trinajstić information content (AvgIpc) is 3.26. The molecule has 1 aliphatic rings. The summed E-state index contributed by atoms with van der Waals surface area (Å²) in [5, 5.41) is 4.55. The fourth-order valence-electron chi connectivity index (χ4n) is 4.61. The minimum Gasteiger partial charge on any atom is -0.491 e. The third kappa shape index (κ3) is 7.18. The Balaban J connectivity index is 1.21. The van der Waals surface area contributed by atoms with E-state index in [4.69, 9.17) is 14.2 Å². The fourth-order valence-corrected chi connectivity index (χ4v) is 5.48. The van der Waals surface area contributed by atoms with Crippen LogP contribution in [0.1, 0.15) is 23.6 Å². The molecule has 1 saturated heterocycles. The molecule has 0 unspecified atom stereocenters. The zero-order chi connectivity index (χ0) is 30.3. The molecule has 9 heteroatoms. The number of ether oxygens (including phenoxy) is 3. The molecule has 0 spiro atoms. The Morgan fingerprint density at radius 1 is 0.884 bits per heavy atom. The first kappa shape index (κ1) is 29.7. The molecule has 0 atom stereocenters. The smallest absolute Gasteiger partial charge is 0.293 e. The van der Waals surface area contributed by atoms with Crippen molar-refractivity contribution in [3.8, 4) is 17.2 Å². The van der Waals surface area contributed by atoms with Gasteiger partial charge in [-0.2, -0.15) is 0 Å². The van der Waals surface area contributed by atoms with Crippen LogP contribution in [-0.4, -0.2) is 48.3 Å². The summed E-state index contributed by atoms with van der Waals surface area (Å²) < 4.78 is 17.5. The Morgan fingerprint density at radius 2 is 1.70 bits per heavy atom. The Hall–Kier alpha value is -4.76. The molecule has 1 fully saturated rings. The minimum atomic E-state index is -0.377. The Labute approximate surface area is 254 Å². The van der Waals surface area contributed by atoms with E-state index in [1.165, 1.54) is 4.90 Å². The second-order valence-electron chi connectivity index (χ2n) is 9.95. The summed E-state index contributed by atoms with van der Waals surface area (Å²) in [6.07, 6.45) is 1.65. The number of aryl methyl sites for hydroxylation is 2. The number of imide groups is 1. The number of fused-ring (bicyclic) bond motifs is 1. The van der Waals surface area contributed by atoms with Crippen LogP contribution in [0.5, 0.6) is 17.2 Å². The molecule has 4 aromatic rings. The maximum atomic E-state index is 13.1. The monoisotopic (exact) mass is 596 g/mol. The van der Waals surface area contributed by atoms with Gasteiger partial charge in [0, 0.05) is 11.1 Å². The first-order valence-electron chi connectivity index (χ1n) is 13.9. The van der Waals surface area contributed by atoms with Gasteiger partial charge in [0.1, 0.15) is 12.4 Å². The molecule has 0 aromatic heterocycles. The molecule has 0 aliphatic carbocycles. The summed E-state index contributed by atoms with van der Waals surface area (Å²) in [4.78, 5) is 39.8. The number of nitrogens with one attached hydrogen (secondary N) is 1. The second-order valence-corrected chi connectivity index (χ2v) is 10.9. The molecule has 1 N–H and O–H groups in total. The van der Waals surface area contributed by atoms with Crippen molar-refractivity contribution in [2.45, 2.75) is 20.8 Å². The number of benzene rings is 4. The van der Waals surface area contributed by atoms with Crippen molar-refractivity contribution in [2.24, 2.45) is 0 Å². The van der Waals surface area contributed by atoms with Crippen molar-refractivity contribution in [1.29, 1.82) is 0 Å². The van der Waals surface area contributed by atoms with Crippen LogP contribution < -0.4 is 19.5 Å². The second kappa shape index (κ2) is 13.5. The summed E-state index contributed by atoms with van der Waals surface area (Å²) in [7, 11) is 0. The van der Waals surface area contributed by atoms with Crippen LogP contribution in [0.2, 0.25) is 0 Å². The van der Waals surface area contributed by atoms with Gasteiger partial charge in [-0.1, -0.05) is 54.6 Å². The molecule has 43 heavy (non-hydrogen) atoms. The summed E-state index contributed by atoms with van der Waals surface area (Å²) >= 11 is 0.884. The largest absolute Gasteiger partial charge is 0.491 e. The van der Waals surface area contributed by atoms with Crippen molar-refractivity contribution < 1.29 is 28.6 Å². The molecule has 8 nitrogen and oxygen atoms in total. The lowest BCUT2D eigenvalue weighted by Crippen LogP contribution is -2.32. The van der Waals surface area contributed by atoms with E-state index < -0.39 is 0 Å². The standard InChI is InChI=1S/C34H32N2O6S/c1-4-40-30-19-24(14-15-29(30)42-21-32(37)35-27-18-22(2)12-13-23(27)3)20-31-33(38)36(34(39)43-31)16-17-41-28-11-7-9-25-8-5-6-10-26(25)28/h5-15,18-20H,4,16-17,21H2,1-3H3,(H,35,37)/b31-20-. The topological polar surface area (TPSA) is 94.2 Å². The van der Waals surface area contributed by atoms with E-state index in [0.717, 1.165) is 39.3 Å². The van der Waals surface area contributed by atoms with E-state index in [1.54, 1.807) is 24.3 Å². The molecule has 1 heterocycles. The van der Waals surface area contributed by atoms with Crippen LogP contribution in [-0.2, 0) is 9.59 Å². The molecule has 0 bridgehead atoms. The van der Waals surface area contributed by atoms with E-state index in [9.17, 15) is 14.4 Å². The predicted octanol–water partition coefficient (Wildman–Crippen LogP) is 6.99. The number of nitrogens with zero attached hydrogens (tertiary/aromatic N) is 1. The number of thioether (sulfide) groups is 1. The van der Waals surface area contributed by atoms with E-state index in [-0.39, 0.29) is 36.8 Å². The van der Waals surface area contributed by atoms with Crippen molar-refractivity contribution >= 4 is 51.4 Å². The van der Waals surface area contributed by atoms with Gasteiger partial charge in [0.15, 0.2) is 18.1 Å². The molecule has 220 valence electrons. The van der Waals surface area contributed by atoms with Crippen LogP contribution in [0.4, 0.5) is 10.5 Å². The van der Waals surface area contributed by atoms with Crippen LogP contribution in [0, 0.1) is 13.8 Å². The lowest BCUT2D eigenvalue weighted by Gasteiger charge is -2.14. The number of hydrogen-bond acceptors (Lipinski definition) is 7. The minimum absolute atomic E-state index is 0.131. The van der Waals surface area contributed by atoms with E-state index >= 15 is 0 Å². The van der Waals surface area contributed by atoms with Crippen molar-refractivity contribution in [2.75, 3.05) is 31.7 Å². The van der Waals surface area contributed by atoms with E-state index in [0.29, 0.717) is 34.3 Å². The first-order chi connectivity index (χ1) is 20.8. The normalized spacial score (nSPS) is 13.9. The molecule has 1 aliphatic heterocycles. The third-order valence-corrected chi connectivity index (χ3v) is 7.69. The lowest BCUT2D eigenvalue weighted by atomic mass is 10.1. The van der Waals surface area contributed by atoms with Gasteiger partial charge < -0.3 is 19.5 Å². The first-order valence-corrected chi connectivity index (χ1v) is 14.8. The van der Waals surface area contributed by atoms with Crippen LogP contribution in [0.25, 0.3) is 16.8 Å². The van der Waals surface area contributed by atoms with Crippen LogP contribution in [0.15, 0.2) is 83.8 Å². The van der Waals surface area contributed by atoms with Gasteiger partial charge >= 0.3 is 0 Å². The van der Waals surface area contributed by atoms with Gasteiger partial charge in [0.05, 0.1) is 18.1 Å².